The second-order valence-corrected chi connectivity index (χ2v) is 8.27. The molecule has 7 heteroatoms. The van der Waals surface area contributed by atoms with Gasteiger partial charge in [-0.15, -0.1) is 0 Å². The molecule has 0 radical (unpaired) electrons. The largest absolute Gasteiger partial charge is 0.299 e. The Morgan fingerprint density at radius 3 is 2.87 bits per heavy atom. The number of H-pyrrole nitrogens is 1. The van der Waals surface area contributed by atoms with Crippen molar-refractivity contribution in [3.05, 3.63) is 42.0 Å². The molecule has 3 heterocycles. The van der Waals surface area contributed by atoms with Crippen LogP contribution in [0, 0.1) is 5.92 Å². The van der Waals surface area contributed by atoms with Crippen molar-refractivity contribution < 1.29 is 8.42 Å². The van der Waals surface area contributed by atoms with E-state index in [1.54, 1.807) is 0 Å². The molecule has 1 N–H and O–H groups in total. The Kier molecular flexibility index (Phi) is 4.77. The van der Waals surface area contributed by atoms with Crippen LogP contribution in [0.15, 0.2) is 35.6 Å². The van der Waals surface area contributed by atoms with E-state index in [2.05, 4.69) is 20.1 Å². The van der Waals surface area contributed by atoms with E-state index in [0.29, 0.717) is 10.8 Å². The summed E-state index contributed by atoms with van der Waals surface area (Å²) in [7, 11) is -3.22. The highest BCUT2D eigenvalue weighted by molar-refractivity contribution is 7.90. The molecule has 0 spiro atoms. The highest BCUT2D eigenvalue weighted by Crippen LogP contribution is 2.24. The summed E-state index contributed by atoms with van der Waals surface area (Å²) in [4.78, 5) is 6.82. The van der Waals surface area contributed by atoms with Crippen LogP contribution in [0.3, 0.4) is 0 Å². The number of likely N-dealkylation sites (tertiary alicyclic amines) is 1. The van der Waals surface area contributed by atoms with E-state index in [1.165, 1.54) is 18.0 Å². The van der Waals surface area contributed by atoms with E-state index < -0.39 is 9.84 Å². The van der Waals surface area contributed by atoms with Crippen molar-refractivity contribution in [1.29, 1.82) is 0 Å². The highest BCUT2D eigenvalue weighted by Gasteiger charge is 2.24. The van der Waals surface area contributed by atoms with Crippen LogP contribution < -0.4 is 0 Å². The minimum absolute atomic E-state index is 0.337. The second-order valence-electron chi connectivity index (χ2n) is 6.29. The van der Waals surface area contributed by atoms with Gasteiger partial charge in [-0.1, -0.05) is 0 Å². The first kappa shape index (κ1) is 16.1. The summed E-state index contributed by atoms with van der Waals surface area (Å²) in [6, 6.07) is 4.08. The van der Waals surface area contributed by atoms with Gasteiger partial charge < -0.3 is 0 Å². The van der Waals surface area contributed by atoms with Gasteiger partial charge in [0, 0.05) is 31.7 Å². The summed E-state index contributed by atoms with van der Waals surface area (Å²) in [5.74, 6) is 0.450. The van der Waals surface area contributed by atoms with E-state index in [9.17, 15) is 8.42 Å². The molecule has 2 aromatic heterocycles. The predicted molar refractivity (Wildman–Crippen MR) is 87.6 cm³/mol. The summed E-state index contributed by atoms with van der Waals surface area (Å²) in [5, 5.41) is 6.78. The van der Waals surface area contributed by atoms with Crippen molar-refractivity contribution in [2.75, 3.05) is 19.3 Å². The molecular formula is C16H22N4O2S. The number of rotatable bonds is 5. The smallest absolute Gasteiger partial charge is 0.178 e. The molecular weight excluding hydrogens is 312 g/mol. The highest BCUT2D eigenvalue weighted by atomic mass is 32.2. The molecule has 124 valence electrons. The van der Waals surface area contributed by atoms with Gasteiger partial charge in [-0.05, 0) is 49.4 Å². The first-order valence-electron chi connectivity index (χ1n) is 7.86. The third-order valence-corrected chi connectivity index (χ3v) is 5.48. The standard InChI is InChI=1S/C16H22N4O2S/c1-23(21,22)16-10-18-19-15(16)9-14-3-2-8-20(12-14)11-13-4-6-17-7-5-13/h4-7,10,14H,2-3,8-9,11-12H2,1H3,(H,18,19)/t14-/m0/s1. The summed E-state index contributed by atoms with van der Waals surface area (Å²) in [6.07, 6.45) is 9.28. The van der Waals surface area contributed by atoms with Gasteiger partial charge in [0.15, 0.2) is 9.84 Å². The average Bonchev–Trinajstić information content (AvgIpc) is 2.97. The monoisotopic (exact) mass is 334 g/mol. The van der Waals surface area contributed by atoms with E-state index in [4.69, 9.17) is 0 Å². The molecule has 1 atom stereocenters. The van der Waals surface area contributed by atoms with E-state index in [1.807, 2.05) is 24.5 Å². The Morgan fingerprint density at radius 2 is 2.13 bits per heavy atom. The van der Waals surface area contributed by atoms with Crippen LogP contribution in [-0.2, 0) is 22.8 Å². The lowest BCUT2D eigenvalue weighted by molar-refractivity contribution is 0.166. The first-order chi connectivity index (χ1) is 11.0. The molecule has 0 bridgehead atoms. The number of sulfone groups is 1. The SMILES string of the molecule is CS(=O)(=O)c1cn[nH]c1C[C@@H]1CCCN(Cc2ccncc2)C1. The Labute approximate surface area is 136 Å². The lowest BCUT2D eigenvalue weighted by Crippen LogP contribution is -2.35. The average molecular weight is 334 g/mol. The Balaban J connectivity index is 1.64. The van der Waals surface area contributed by atoms with E-state index >= 15 is 0 Å². The maximum absolute atomic E-state index is 11.8. The zero-order valence-corrected chi connectivity index (χ0v) is 14.1. The quantitative estimate of drug-likeness (QED) is 0.900. The van der Waals surface area contributed by atoms with Gasteiger partial charge in [0.25, 0.3) is 0 Å². The molecule has 6 nitrogen and oxygen atoms in total. The van der Waals surface area contributed by atoms with Crippen LogP contribution in [-0.4, -0.2) is 47.8 Å². The normalized spacial score (nSPS) is 19.8. The topological polar surface area (TPSA) is 79.0 Å². The fourth-order valence-electron chi connectivity index (χ4n) is 3.26. The third kappa shape index (κ3) is 4.17. The molecule has 1 aliphatic heterocycles. The number of aromatic nitrogens is 3. The number of nitrogens with zero attached hydrogens (tertiary/aromatic N) is 3. The van der Waals surface area contributed by atoms with Crippen LogP contribution in [0.25, 0.3) is 0 Å². The fraction of sp³-hybridized carbons (Fsp3) is 0.500. The zero-order valence-electron chi connectivity index (χ0n) is 13.3. The van der Waals surface area contributed by atoms with Gasteiger partial charge in [0.2, 0.25) is 0 Å². The van der Waals surface area contributed by atoms with Crippen LogP contribution >= 0.6 is 0 Å². The number of aromatic amines is 1. The molecule has 0 saturated carbocycles. The molecule has 23 heavy (non-hydrogen) atoms. The lowest BCUT2D eigenvalue weighted by Gasteiger charge is -2.32. The van der Waals surface area contributed by atoms with Crippen LogP contribution in [0.4, 0.5) is 0 Å². The van der Waals surface area contributed by atoms with Crippen molar-refractivity contribution in [2.24, 2.45) is 5.92 Å². The molecule has 3 rings (SSSR count). The minimum atomic E-state index is -3.22. The molecule has 1 aliphatic rings. The molecule has 1 fully saturated rings. The molecule has 1 saturated heterocycles. The van der Waals surface area contributed by atoms with Crippen molar-refractivity contribution in [1.82, 2.24) is 20.1 Å². The van der Waals surface area contributed by atoms with Crippen LogP contribution in [0.5, 0.6) is 0 Å². The minimum Gasteiger partial charge on any atom is -0.299 e. The number of hydrogen-bond donors (Lipinski definition) is 1. The van der Waals surface area contributed by atoms with Gasteiger partial charge in [-0.3, -0.25) is 15.0 Å². The van der Waals surface area contributed by atoms with Crippen molar-refractivity contribution in [3.63, 3.8) is 0 Å². The summed E-state index contributed by atoms with van der Waals surface area (Å²) >= 11 is 0. The Morgan fingerprint density at radius 1 is 1.35 bits per heavy atom. The summed E-state index contributed by atoms with van der Waals surface area (Å²) in [5.41, 5.74) is 2.00. The third-order valence-electron chi connectivity index (χ3n) is 4.33. The van der Waals surface area contributed by atoms with Crippen LogP contribution in [0.1, 0.15) is 24.1 Å². The molecule has 0 aromatic carbocycles. The maximum Gasteiger partial charge on any atom is 0.178 e. The first-order valence-corrected chi connectivity index (χ1v) is 9.75. The number of hydrogen-bond acceptors (Lipinski definition) is 5. The van der Waals surface area contributed by atoms with E-state index in [0.717, 1.165) is 44.6 Å². The van der Waals surface area contributed by atoms with Crippen LogP contribution in [0.2, 0.25) is 0 Å². The van der Waals surface area contributed by atoms with Crippen molar-refractivity contribution in [2.45, 2.75) is 30.7 Å². The van der Waals surface area contributed by atoms with E-state index in [-0.39, 0.29) is 0 Å². The molecule has 0 unspecified atom stereocenters. The maximum atomic E-state index is 11.8. The Hall–Kier alpha value is -1.73. The van der Waals surface area contributed by atoms with Gasteiger partial charge >= 0.3 is 0 Å². The van der Waals surface area contributed by atoms with Gasteiger partial charge in [-0.25, -0.2) is 8.42 Å². The van der Waals surface area contributed by atoms with Crippen molar-refractivity contribution in [3.8, 4) is 0 Å². The van der Waals surface area contributed by atoms with Crippen molar-refractivity contribution >= 4 is 9.84 Å². The number of pyridine rings is 1. The molecule has 2 aromatic rings. The number of piperidine rings is 1. The summed E-state index contributed by atoms with van der Waals surface area (Å²) in [6.45, 7) is 2.98. The molecule has 0 aliphatic carbocycles. The fourth-order valence-corrected chi connectivity index (χ4v) is 4.08. The number of nitrogens with one attached hydrogen (secondary N) is 1. The predicted octanol–water partition coefficient (Wildman–Crippen LogP) is 1.66. The Bertz CT molecular complexity index is 742. The summed E-state index contributed by atoms with van der Waals surface area (Å²) < 4.78 is 23.6. The zero-order chi connectivity index (χ0) is 16.3. The van der Waals surface area contributed by atoms with Gasteiger partial charge in [0.1, 0.15) is 4.90 Å². The molecule has 0 amide bonds. The second kappa shape index (κ2) is 6.80. The van der Waals surface area contributed by atoms with Gasteiger partial charge in [0.05, 0.1) is 11.9 Å². The van der Waals surface area contributed by atoms with Gasteiger partial charge in [-0.2, -0.15) is 5.10 Å². The lowest BCUT2D eigenvalue weighted by atomic mass is 9.93.